The van der Waals surface area contributed by atoms with E-state index >= 15 is 0 Å². The van der Waals surface area contributed by atoms with Crippen LogP contribution < -0.4 is 0 Å². The number of methoxy groups -OCH3 is 2. The molecule has 26 heavy (non-hydrogen) atoms. The Morgan fingerprint density at radius 3 is 1.31 bits per heavy atom. The van der Waals surface area contributed by atoms with Gasteiger partial charge in [0.1, 0.15) is 0 Å². The van der Waals surface area contributed by atoms with E-state index in [0.29, 0.717) is 31.2 Å². The Kier molecular flexibility index (Phi) is 8.21. The molecule has 0 fully saturated rings. The van der Waals surface area contributed by atoms with E-state index in [1.807, 2.05) is 0 Å². The number of rotatable bonds is 8. The lowest BCUT2D eigenvalue weighted by atomic mass is 9.84. The van der Waals surface area contributed by atoms with Crippen molar-refractivity contribution in [2.75, 3.05) is 27.4 Å². The van der Waals surface area contributed by atoms with Crippen LogP contribution in [-0.4, -0.2) is 33.2 Å². The molecular formula is C19H18Cl4O3. The molecule has 0 aliphatic carbocycles. The number of carbonyl (C=O) groups excluding carboxylic acids is 1. The van der Waals surface area contributed by atoms with E-state index in [1.165, 1.54) is 14.2 Å². The van der Waals surface area contributed by atoms with E-state index < -0.39 is 11.8 Å². The first kappa shape index (κ1) is 21.5. The number of hydrogen-bond acceptors (Lipinski definition) is 3. The SMILES string of the molecule is COCC(C(=O)C(COC)c1cc(Cl)cc(Cl)c1)c1cc(Cl)cc(Cl)c1. The molecule has 0 N–H and O–H groups in total. The summed E-state index contributed by atoms with van der Waals surface area (Å²) in [4.78, 5) is 13.3. The molecule has 0 bridgehead atoms. The summed E-state index contributed by atoms with van der Waals surface area (Å²) >= 11 is 24.4. The molecule has 7 heteroatoms. The number of halogens is 4. The van der Waals surface area contributed by atoms with E-state index in [-0.39, 0.29) is 19.0 Å². The molecule has 0 aliphatic heterocycles. The van der Waals surface area contributed by atoms with Crippen LogP contribution in [0.4, 0.5) is 0 Å². The van der Waals surface area contributed by atoms with Gasteiger partial charge in [0, 0.05) is 34.3 Å². The standard InChI is InChI=1S/C19H18Cl4O3/c1-25-9-17(11-3-13(20)7-14(21)4-11)19(24)18(10-26-2)12-5-15(22)8-16(23)6-12/h3-8,17-18H,9-10H2,1-2H3. The molecule has 0 saturated heterocycles. The highest BCUT2D eigenvalue weighted by molar-refractivity contribution is 6.35. The van der Waals surface area contributed by atoms with E-state index in [9.17, 15) is 4.79 Å². The molecular weight excluding hydrogens is 418 g/mol. The van der Waals surface area contributed by atoms with Gasteiger partial charge in [-0.15, -0.1) is 0 Å². The average molecular weight is 436 g/mol. The second-order valence-corrected chi connectivity index (χ2v) is 7.57. The van der Waals surface area contributed by atoms with E-state index in [2.05, 4.69) is 0 Å². The Bertz CT molecular complexity index is 675. The van der Waals surface area contributed by atoms with Crippen LogP contribution >= 0.6 is 46.4 Å². The maximum Gasteiger partial charge on any atom is 0.152 e. The summed E-state index contributed by atoms with van der Waals surface area (Å²) in [5.74, 6) is -1.21. The smallest absolute Gasteiger partial charge is 0.152 e. The van der Waals surface area contributed by atoms with Gasteiger partial charge in [-0.1, -0.05) is 46.4 Å². The van der Waals surface area contributed by atoms with E-state index in [1.54, 1.807) is 36.4 Å². The Morgan fingerprint density at radius 2 is 1.04 bits per heavy atom. The van der Waals surface area contributed by atoms with Gasteiger partial charge in [0.25, 0.3) is 0 Å². The van der Waals surface area contributed by atoms with Crippen molar-refractivity contribution >= 4 is 52.2 Å². The first-order valence-corrected chi connectivity index (χ1v) is 9.30. The van der Waals surface area contributed by atoms with Gasteiger partial charge < -0.3 is 9.47 Å². The van der Waals surface area contributed by atoms with Crippen molar-refractivity contribution in [3.8, 4) is 0 Å². The van der Waals surface area contributed by atoms with Gasteiger partial charge in [-0.25, -0.2) is 0 Å². The van der Waals surface area contributed by atoms with E-state index in [0.717, 1.165) is 0 Å². The second-order valence-electron chi connectivity index (χ2n) is 5.82. The fourth-order valence-electron chi connectivity index (χ4n) is 2.81. The van der Waals surface area contributed by atoms with Crippen LogP contribution in [-0.2, 0) is 14.3 Å². The minimum Gasteiger partial charge on any atom is -0.384 e. The van der Waals surface area contributed by atoms with Crippen LogP contribution in [0.15, 0.2) is 36.4 Å². The molecule has 2 rings (SSSR count). The molecule has 0 saturated carbocycles. The van der Waals surface area contributed by atoms with Crippen LogP contribution in [0.1, 0.15) is 23.0 Å². The quantitative estimate of drug-likeness (QED) is 0.507. The van der Waals surface area contributed by atoms with Crippen LogP contribution in [0.2, 0.25) is 20.1 Å². The fourth-order valence-corrected chi connectivity index (χ4v) is 3.90. The lowest BCUT2D eigenvalue weighted by Crippen LogP contribution is -2.27. The predicted molar refractivity (Wildman–Crippen MR) is 107 cm³/mol. The van der Waals surface area contributed by atoms with Crippen LogP contribution in [0.5, 0.6) is 0 Å². The third-order valence-electron chi connectivity index (χ3n) is 3.93. The van der Waals surface area contributed by atoms with Crippen LogP contribution in [0, 0.1) is 0 Å². The zero-order valence-electron chi connectivity index (χ0n) is 14.3. The average Bonchev–Trinajstić information content (AvgIpc) is 2.55. The van der Waals surface area contributed by atoms with Crippen molar-refractivity contribution in [2.45, 2.75) is 11.8 Å². The van der Waals surface area contributed by atoms with Gasteiger partial charge in [-0.3, -0.25) is 4.79 Å². The number of hydrogen-bond donors (Lipinski definition) is 0. The summed E-state index contributed by atoms with van der Waals surface area (Å²) in [6, 6.07) is 10.1. The molecule has 0 aromatic heterocycles. The van der Waals surface area contributed by atoms with Gasteiger partial charge in [-0.2, -0.15) is 0 Å². The highest BCUT2D eigenvalue weighted by Crippen LogP contribution is 2.32. The van der Waals surface area contributed by atoms with Crippen molar-refractivity contribution in [3.63, 3.8) is 0 Å². The lowest BCUT2D eigenvalue weighted by molar-refractivity contribution is -0.124. The highest BCUT2D eigenvalue weighted by Gasteiger charge is 2.30. The number of ether oxygens (including phenoxy) is 2. The Morgan fingerprint density at radius 1 is 0.731 bits per heavy atom. The Hall–Kier alpha value is -0.810. The summed E-state index contributed by atoms with van der Waals surface area (Å²) in [5.41, 5.74) is 1.37. The molecule has 2 aromatic carbocycles. The van der Waals surface area contributed by atoms with Gasteiger partial charge in [0.15, 0.2) is 5.78 Å². The third-order valence-corrected chi connectivity index (χ3v) is 4.80. The molecule has 0 spiro atoms. The summed E-state index contributed by atoms with van der Waals surface area (Å²) in [7, 11) is 3.07. The van der Waals surface area contributed by atoms with E-state index in [4.69, 9.17) is 55.9 Å². The monoisotopic (exact) mass is 434 g/mol. The summed E-state index contributed by atoms with van der Waals surface area (Å²) < 4.78 is 10.5. The zero-order valence-corrected chi connectivity index (χ0v) is 17.3. The van der Waals surface area contributed by atoms with Gasteiger partial charge >= 0.3 is 0 Å². The summed E-state index contributed by atoms with van der Waals surface area (Å²) in [6.07, 6.45) is 0. The highest BCUT2D eigenvalue weighted by atomic mass is 35.5. The zero-order chi connectivity index (χ0) is 19.3. The van der Waals surface area contributed by atoms with Gasteiger partial charge in [0.2, 0.25) is 0 Å². The molecule has 0 radical (unpaired) electrons. The fraction of sp³-hybridized carbons (Fsp3) is 0.316. The molecule has 2 atom stereocenters. The summed E-state index contributed by atoms with van der Waals surface area (Å²) in [6.45, 7) is 0.369. The van der Waals surface area contributed by atoms with Crippen molar-refractivity contribution < 1.29 is 14.3 Å². The van der Waals surface area contributed by atoms with Crippen LogP contribution in [0.3, 0.4) is 0 Å². The number of ketones is 1. The minimum absolute atomic E-state index is 0.0923. The number of carbonyl (C=O) groups is 1. The molecule has 2 aromatic rings. The maximum atomic E-state index is 13.3. The van der Waals surface area contributed by atoms with Crippen molar-refractivity contribution in [1.82, 2.24) is 0 Å². The third kappa shape index (κ3) is 5.59. The first-order valence-electron chi connectivity index (χ1n) is 7.79. The maximum absolute atomic E-state index is 13.3. The van der Waals surface area contributed by atoms with Crippen molar-refractivity contribution in [1.29, 1.82) is 0 Å². The molecule has 3 nitrogen and oxygen atoms in total. The Balaban J connectivity index is 2.45. The van der Waals surface area contributed by atoms with Crippen molar-refractivity contribution in [3.05, 3.63) is 67.6 Å². The lowest BCUT2D eigenvalue weighted by Gasteiger charge is -2.23. The molecule has 0 heterocycles. The van der Waals surface area contributed by atoms with Gasteiger partial charge in [-0.05, 0) is 47.5 Å². The molecule has 0 amide bonds. The van der Waals surface area contributed by atoms with Gasteiger partial charge in [0.05, 0.1) is 25.0 Å². The normalized spacial score (nSPS) is 13.5. The predicted octanol–water partition coefficient (Wildman–Crippen LogP) is 6.03. The second kappa shape index (κ2) is 9.93. The summed E-state index contributed by atoms with van der Waals surface area (Å²) in [5, 5.41) is 1.82. The number of Topliss-reactive ketones (excluding diaryl/α,β-unsaturated/α-hetero) is 1. The Labute approximate surface area is 173 Å². The van der Waals surface area contributed by atoms with Crippen LogP contribution in [0.25, 0.3) is 0 Å². The molecule has 2 unspecified atom stereocenters. The topological polar surface area (TPSA) is 35.5 Å². The molecule has 0 aliphatic rings. The number of benzene rings is 2. The first-order chi connectivity index (χ1) is 12.3. The minimum atomic E-state index is -0.561. The van der Waals surface area contributed by atoms with Crippen molar-refractivity contribution in [2.24, 2.45) is 0 Å². The molecule has 140 valence electrons. The largest absolute Gasteiger partial charge is 0.384 e.